The van der Waals surface area contributed by atoms with Crippen LogP contribution in [0.3, 0.4) is 0 Å². The number of halogens is 6. The Labute approximate surface area is 460 Å². The number of piperidine rings is 1. The van der Waals surface area contributed by atoms with E-state index in [0.717, 1.165) is 4.90 Å². The molecule has 29 heteroatoms. The number of H-pyrrole nitrogens is 2. The fourth-order valence-corrected chi connectivity index (χ4v) is 8.54. The van der Waals surface area contributed by atoms with E-state index >= 15 is 0 Å². The first-order valence-corrected chi connectivity index (χ1v) is 25.3. The lowest BCUT2D eigenvalue weighted by Gasteiger charge is -2.27. The highest BCUT2D eigenvalue weighted by Crippen LogP contribution is 2.34. The highest BCUT2D eigenvalue weighted by molar-refractivity contribution is 6.24. The number of carbonyl (C=O) groups excluding carboxylic acids is 5. The zero-order valence-corrected chi connectivity index (χ0v) is 43.1. The van der Waals surface area contributed by atoms with Crippen LogP contribution in [0.5, 0.6) is 28.7 Å². The molecule has 2 aliphatic rings. The number of benzene rings is 3. The smallest absolute Gasteiger partial charge is 0.491 e. The molecule has 6 heterocycles. The molecule has 0 bridgehead atoms. The Hall–Kier alpha value is -8.93. The van der Waals surface area contributed by atoms with Gasteiger partial charge in [-0.05, 0) is 67.1 Å². The topological polar surface area (TPSA) is 273 Å². The van der Waals surface area contributed by atoms with Gasteiger partial charge in [-0.1, -0.05) is 6.07 Å². The maximum atomic E-state index is 13.3. The van der Waals surface area contributed by atoms with Crippen LogP contribution < -0.4 is 34.3 Å². The maximum Gasteiger partial charge on any atom is 0.573 e. The van der Waals surface area contributed by atoms with Crippen LogP contribution in [0.1, 0.15) is 33.6 Å². The van der Waals surface area contributed by atoms with Gasteiger partial charge in [-0.15, -0.1) is 26.3 Å². The van der Waals surface area contributed by atoms with Crippen LogP contribution in [0.15, 0.2) is 91.3 Å². The van der Waals surface area contributed by atoms with E-state index in [-0.39, 0.29) is 82.5 Å². The van der Waals surface area contributed by atoms with Gasteiger partial charge in [0.2, 0.25) is 11.8 Å². The summed E-state index contributed by atoms with van der Waals surface area (Å²) in [6.07, 6.45) is -6.72. The number of ether oxygens (including phenoxy) is 8. The average Bonchev–Trinajstić information content (AvgIpc) is 4.35. The first-order valence-electron chi connectivity index (χ1n) is 25.3. The second kappa shape index (κ2) is 26.1. The van der Waals surface area contributed by atoms with Crippen LogP contribution in [0.4, 0.5) is 26.3 Å². The molecule has 7 aromatic rings. The molecule has 23 nitrogen and oxygen atoms in total. The molecule has 432 valence electrons. The predicted molar refractivity (Wildman–Crippen MR) is 274 cm³/mol. The van der Waals surface area contributed by atoms with E-state index in [1.165, 1.54) is 67.0 Å². The van der Waals surface area contributed by atoms with Crippen LogP contribution in [0.2, 0.25) is 0 Å². The maximum absolute atomic E-state index is 13.3. The second-order valence-corrected chi connectivity index (χ2v) is 18.0. The predicted octanol–water partition coefficient (Wildman–Crippen LogP) is 5.77. The number of amides is 5. The Kier molecular flexibility index (Phi) is 18.4. The molecule has 2 aliphatic heterocycles. The van der Waals surface area contributed by atoms with Crippen molar-refractivity contribution in [2.75, 3.05) is 85.6 Å². The summed E-state index contributed by atoms with van der Waals surface area (Å²) in [6, 6.07) is 17.4. The van der Waals surface area contributed by atoms with Gasteiger partial charge < -0.3 is 53.2 Å². The Morgan fingerprint density at radius 3 is 1.71 bits per heavy atom. The van der Waals surface area contributed by atoms with Gasteiger partial charge in [-0.25, -0.2) is 19.9 Å². The van der Waals surface area contributed by atoms with Crippen LogP contribution in [-0.4, -0.2) is 174 Å². The van der Waals surface area contributed by atoms with E-state index in [1.807, 2.05) is 0 Å². The summed E-state index contributed by atoms with van der Waals surface area (Å²) >= 11 is 0. The Balaban J connectivity index is 0.685. The Morgan fingerprint density at radius 2 is 1.17 bits per heavy atom. The molecule has 0 aliphatic carbocycles. The van der Waals surface area contributed by atoms with Gasteiger partial charge in [0.15, 0.2) is 18.3 Å². The molecule has 1 saturated heterocycles. The number of hydrogen-bond donors (Lipinski definition) is 4. The van der Waals surface area contributed by atoms with Crippen molar-refractivity contribution in [3.8, 4) is 51.8 Å². The summed E-state index contributed by atoms with van der Waals surface area (Å²) in [6.45, 7) is 2.97. The third kappa shape index (κ3) is 15.5. The summed E-state index contributed by atoms with van der Waals surface area (Å²) < 4.78 is 119. The number of carbonyl (C=O) groups is 5. The summed E-state index contributed by atoms with van der Waals surface area (Å²) in [5.41, 5.74) is 2.29. The van der Waals surface area contributed by atoms with Crippen molar-refractivity contribution in [1.82, 2.24) is 50.3 Å². The van der Waals surface area contributed by atoms with Crippen LogP contribution in [0.25, 0.3) is 45.1 Å². The number of rotatable bonds is 28. The number of aromatic amines is 2. The number of alkyl halides is 6. The molecule has 0 saturated carbocycles. The molecule has 4 aromatic heterocycles. The van der Waals surface area contributed by atoms with Crippen molar-refractivity contribution in [2.24, 2.45) is 0 Å². The highest BCUT2D eigenvalue weighted by Gasteiger charge is 2.46. The first kappa shape index (κ1) is 57.7. The molecule has 82 heavy (non-hydrogen) atoms. The molecular formula is C53H50F6N10O13. The van der Waals surface area contributed by atoms with Crippen molar-refractivity contribution < 1.29 is 88.2 Å². The second-order valence-electron chi connectivity index (χ2n) is 18.0. The third-order valence-electron chi connectivity index (χ3n) is 12.3. The number of imide groups is 2. The number of pyridine rings is 2. The van der Waals surface area contributed by atoms with Gasteiger partial charge in [-0.3, -0.25) is 39.1 Å². The summed E-state index contributed by atoms with van der Waals surface area (Å²) in [7, 11) is 0. The molecule has 1 unspecified atom stereocenters. The Morgan fingerprint density at radius 1 is 0.634 bits per heavy atom. The zero-order valence-electron chi connectivity index (χ0n) is 43.1. The Bertz CT molecular complexity index is 3250. The van der Waals surface area contributed by atoms with E-state index in [0.29, 0.717) is 82.8 Å². The number of imidazole rings is 2. The molecule has 4 N–H and O–H groups in total. The molecular weight excluding hydrogens is 1100 g/mol. The largest absolute Gasteiger partial charge is 0.573 e. The van der Waals surface area contributed by atoms with Crippen molar-refractivity contribution in [3.05, 3.63) is 102 Å². The van der Waals surface area contributed by atoms with Gasteiger partial charge in [0.05, 0.1) is 85.2 Å². The van der Waals surface area contributed by atoms with Gasteiger partial charge >= 0.3 is 12.7 Å². The number of nitrogens with zero attached hydrogens (tertiary/aromatic N) is 6. The average molecular weight is 1150 g/mol. The molecule has 1 fully saturated rings. The number of aromatic nitrogens is 6. The molecule has 1 atom stereocenters. The first-order chi connectivity index (χ1) is 39.4. The summed E-state index contributed by atoms with van der Waals surface area (Å²) in [5, 5.41) is 4.78. The van der Waals surface area contributed by atoms with Gasteiger partial charge in [0.25, 0.3) is 17.7 Å². The van der Waals surface area contributed by atoms with Crippen molar-refractivity contribution in [1.29, 1.82) is 0 Å². The molecule has 5 amide bonds. The molecule has 0 radical (unpaired) electrons. The fourth-order valence-electron chi connectivity index (χ4n) is 8.54. The fraction of sp³-hybridized carbons (Fsp3) is 0.340. The molecule has 9 rings (SSSR count). The molecule has 3 aromatic carbocycles. The van der Waals surface area contributed by atoms with Crippen LogP contribution in [0, 0.1) is 0 Å². The van der Waals surface area contributed by atoms with E-state index in [2.05, 4.69) is 54.9 Å². The number of fused-ring (bicyclic) bond motifs is 3. The lowest BCUT2D eigenvalue weighted by molar-refractivity contribution is -0.275. The van der Waals surface area contributed by atoms with Gasteiger partial charge in [0, 0.05) is 44.7 Å². The normalized spacial score (nSPS) is 14.6. The number of hydrogen-bond acceptors (Lipinski definition) is 18. The van der Waals surface area contributed by atoms with E-state index in [4.69, 9.17) is 28.4 Å². The number of nitrogens with one attached hydrogen (secondary N) is 4. The highest BCUT2D eigenvalue weighted by atomic mass is 19.4. The standard InChI is InChI=1S/C53H50F6N10O13/c54-52(55,56)81-31-4-8-36-40(26-31)65-47(63-36)38-10-6-33(28-61-38)78-20-16-68(17-21-79-34-7-11-39(62-29-34)48-64-37-9-5-32(27-41(37)66-48)82-53(57,58)59)15-19-76-23-25-77-24-22-75-18-14-60-45(71)30-80-43-3-1-2-35-46(43)51(74)69(50(35)73)42-12-13-44(70)67-49(42)72/h1-11,26-29,42H,12-25,30H2,(H,60,71)(H,63,65)(H,64,66)(H,67,70,72). The van der Waals surface area contributed by atoms with Crippen LogP contribution in [-0.2, 0) is 28.6 Å². The zero-order chi connectivity index (χ0) is 57.8. The van der Waals surface area contributed by atoms with E-state index < -0.39 is 66.4 Å². The summed E-state index contributed by atoms with van der Waals surface area (Å²) in [4.78, 5) is 89.3. The SMILES string of the molecule is O=C(COc1cccc2c1C(=O)N(C1CCC(=O)NC1=O)C2=O)NCCOCCOCCOCCN(CCOc1ccc(-c2nc3ccc(OC(F)(F)F)cc3[nH]2)nc1)CCOc1ccc(-c2nc3ccc(OC(F)(F)F)cc3[nH]2)nc1. The minimum absolute atomic E-state index is 0.00335. The molecule has 0 spiro atoms. The van der Waals surface area contributed by atoms with E-state index in [1.54, 1.807) is 24.3 Å². The van der Waals surface area contributed by atoms with Crippen LogP contribution >= 0.6 is 0 Å². The minimum Gasteiger partial charge on any atom is -0.491 e. The van der Waals surface area contributed by atoms with Gasteiger partial charge in [-0.2, -0.15) is 0 Å². The monoisotopic (exact) mass is 1150 g/mol. The lowest BCUT2D eigenvalue weighted by Crippen LogP contribution is -2.54. The summed E-state index contributed by atoms with van der Waals surface area (Å²) in [5.74, 6) is -2.43. The third-order valence-corrected chi connectivity index (χ3v) is 12.3. The van der Waals surface area contributed by atoms with Crippen molar-refractivity contribution >= 4 is 51.6 Å². The lowest BCUT2D eigenvalue weighted by atomic mass is 10.0. The van der Waals surface area contributed by atoms with E-state index in [9.17, 15) is 50.3 Å². The van der Waals surface area contributed by atoms with Crippen molar-refractivity contribution in [3.63, 3.8) is 0 Å². The quantitative estimate of drug-likeness (QED) is 0.0258. The van der Waals surface area contributed by atoms with Crippen molar-refractivity contribution in [2.45, 2.75) is 31.6 Å². The van der Waals surface area contributed by atoms with Gasteiger partial charge in [0.1, 0.15) is 59.4 Å². The minimum atomic E-state index is -4.84.